The molecule has 0 radical (unpaired) electrons. The number of alkyl halides is 3. The molecular weight excluding hydrogens is 491 g/mol. The summed E-state index contributed by atoms with van der Waals surface area (Å²) in [4.78, 5) is 12.4. The van der Waals surface area contributed by atoms with Crippen LogP contribution < -0.4 is 9.47 Å². The maximum Gasteiger partial charge on any atom is 0.452 e. The van der Waals surface area contributed by atoms with Crippen LogP contribution in [0, 0.1) is 0 Å². The van der Waals surface area contributed by atoms with Gasteiger partial charge in [0.1, 0.15) is 23.7 Å². The van der Waals surface area contributed by atoms with Crippen molar-refractivity contribution in [3.8, 4) is 17.2 Å². The third-order valence-electron chi connectivity index (χ3n) is 5.44. The Kier molecular flexibility index (Phi) is 6.91. The van der Waals surface area contributed by atoms with Gasteiger partial charge in [-0.2, -0.15) is 13.2 Å². The summed E-state index contributed by atoms with van der Waals surface area (Å²) in [6.07, 6.45) is -7.47. The number of hydrogen-bond donors (Lipinski definition) is 0. The average Bonchev–Trinajstić information content (AvgIpc) is 3.23. The first-order valence-electron chi connectivity index (χ1n) is 10.5. The van der Waals surface area contributed by atoms with Crippen molar-refractivity contribution in [3.63, 3.8) is 0 Å². The topological polar surface area (TPSA) is 84.7 Å². The fourth-order valence-electron chi connectivity index (χ4n) is 3.94. The van der Waals surface area contributed by atoms with Crippen LogP contribution in [0.3, 0.4) is 0 Å². The minimum Gasteiger partial charge on any atom is -0.497 e. The second-order valence-electron chi connectivity index (χ2n) is 7.52. The summed E-state index contributed by atoms with van der Waals surface area (Å²) in [5, 5.41) is 7.36. The van der Waals surface area contributed by atoms with E-state index in [1.807, 2.05) is 0 Å². The molecule has 0 saturated heterocycles. The molecule has 0 fully saturated rings. The maximum atomic E-state index is 14.0. The minimum absolute atomic E-state index is 0.0919. The molecule has 1 aromatic heterocycles. The standard InChI is InChI=1S/C23H21ClF3N3O5/c1-4-34-18(31)11-17-21-28-29-22(23(25,26)27)30(21)15-9-8-12(32-2)10-14(15)20(35-17)13-6-5-7-16(33-3)19(13)24/h5-10,17,20H,4,11H2,1-3H3/t17-,20-/m0/s1. The van der Waals surface area contributed by atoms with Crippen molar-refractivity contribution in [2.45, 2.75) is 31.7 Å². The van der Waals surface area contributed by atoms with Gasteiger partial charge in [0.25, 0.3) is 0 Å². The van der Waals surface area contributed by atoms with Gasteiger partial charge in [-0.15, -0.1) is 10.2 Å². The monoisotopic (exact) mass is 511 g/mol. The zero-order valence-electron chi connectivity index (χ0n) is 18.9. The zero-order valence-corrected chi connectivity index (χ0v) is 19.7. The molecule has 2 aromatic carbocycles. The lowest BCUT2D eigenvalue weighted by Crippen LogP contribution is -2.18. The molecule has 0 spiro atoms. The van der Waals surface area contributed by atoms with Gasteiger partial charge in [-0.25, -0.2) is 0 Å². The number of ether oxygens (including phenoxy) is 4. The van der Waals surface area contributed by atoms with Crippen LogP contribution in [-0.2, 0) is 20.4 Å². The van der Waals surface area contributed by atoms with Crippen LogP contribution in [-0.4, -0.2) is 41.6 Å². The number of halogens is 4. The predicted molar refractivity (Wildman–Crippen MR) is 118 cm³/mol. The Morgan fingerprint density at radius 2 is 1.91 bits per heavy atom. The Bertz CT molecular complexity index is 1250. The van der Waals surface area contributed by atoms with E-state index in [1.54, 1.807) is 31.2 Å². The van der Waals surface area contributed by atoms with Gasteiger partial charge in [0.05, 0.1) is 38.0 Å². The van der Waals surface area contributed by atoms with Crippen molar-refractivity contribution in [2.75, 3.05) is 20.8 Å². The Morgan fingerprint density at radius 3 is 2.57 bits per heavy atom. The average molecular weight is 512 g/mol. The highest BCUT2D eigenvalue weighted by atomic mass is 35.5. The van der Waals surface area contributed by atoms with Crippen molar-refractivity contribution < 1.29 is 36.9 Å². The number of esters is 1. The molecule has 2 heterocycles. The summed E-state index contributed by atoms with van der Waals surface area (Å²) < 4.78 is 64.7. The molecule has 0 unspecified atom stereocenters. The van der Waals surface area contributed by atoms with Crippen molar-refractivity contribution in [1.82, 2.24) is 14.8 Å². The predicted octanol–water partition coefficient (Wildman–Crippen LogP) is 5.07. The van der Waals surface area contributed by atoms with Gasteiger partial charge in [0, 0.05) is 11.1 Å². The fraction of sp³-hybridized carbons (Fsp3) is 0.348. The number of carbonyl (C=O) groups is 1. The molecule has 12 heteroatoms. The van der Waals surface area contributed by atoms with E-state index in [0.29, 0.717) is 22.6 Å². The molecule has 0 bridgehead atoms. The van der Waals surface area contributed by atoms with Gasteiger partial charge < -0.3 is 18.9 Å². The van der Waals surface area contributed by atoms with Gasteiger partial charge >= 0.3 is 12.1 Å². The normalized spacial score (nSPS) is 17.2. The largest absolute Gasteiger partial charge is 0.497 e. The molecule has 35 heavy (non-hydrogen) atoms. The van der Waals surface area contributed by atoms with Crippen LogP contribution in [0.25, 0.3) is 5.69 Å². The molecular formula is C23H21ClF3N3O5. The minimum atomic E-state index is -4.83. The summed E-state index contributed by atoms with van der Waals surface area (Å²) >= 11 is 6.59. The van der Waals surface area contributed by atoms with Crippen LogP contribution in [0.5, 0.6) is 11.5 Å². The summed E-state index contributed by atoms with van der Waals surface area (Å²) in [5.41, 5.74) is 0.826. The number of methoxy groups -OCH3 is 2. The first-order valence-corrected chi connectivity index (χ1v) is 10.9. The lowest BCUT2D eigenvalue weighted by molar-refractivity contribution is -0.147. The molecule has 0 saturated carbocycles. The van der Waals surface area contributed by atoms with E-state index in [1.165, 1.54) is 26.4 Å². The summed E-state index contributed by atoms with van der Waals surface area (Å²) in [5.74, 6) is -1.39. The maximum absolute atomic E-state index is 14.0. The number of fused-ring (bicyclic) bond motifs is 3. The quantitative estimate of drug-likeness (QED) is 0.427. The number of benzene rings is 2. The zero-order chi connectivity index (χ0) is 25.3. The molecule has 2 atom stereocenters. The Balaban J connectivity index is 2.00. The second-order valence-corrected chi connectivity index (χ2v) is 7.90. The van der Waals surface area contributed by atoms with Crippen molar-refractivity contribution in [2.24, 2.45) is 0 Å². The molecule has 0 amide bonds. The molecule has 0 N–H and O–H groups in total. The van der Waals surface area contributed by atoms with Crippen molar-refractivity contribution in [1.29, 1.82) is 0 Å². The molecule has 8 nitrogen and oxygen atoms in total. The fourth-order valence-corrected chi connectivity index (χ4v) is 4.24. The molecule has 186 valence electrons. The highest BCUT2D eigenvalue weighted by molar-refractivity contribution is 6.32. The first-order chi connectivity index (χ1) is 16.7. The number of rotatable bonds is 6. The van der Waals surface area contributed by atoms with Crippen LogP contribution in [0.4, 0.5) is 13.2 Å². The smallest absolute Gasteiger partial charge is 0.452 e. The van der Waals surface area contributed by atoms with Crippen LogP contribution in [0.15, 0.2) is 36.4 Å². The van der Waals surface area contributed by atoms with Gasteiger partial charge in [-0.05, 0) is 31.2 Å². The molecule has 1 aliphatic rings. The molecule has 3 aromatic rings. The number of nitrogens with zero attached hydrogens (tertiary/aromatic N) is 3. The van der Waals surface area contributed by atoms with Gasteiger partial charge in [0.15, 0.2) is 5.82 Å². The SMILES string of the molecule is CCOC(=O)C[C@@H]1O[C@@H](c2cccc(OC)c2Cl)c2cc(OC)ccc2-n2c1nnc2C(F)(F)F. The van der Waals surface area contributed by atoms with Gasteiger partial charge in [0.2, 0.25) is 5.82 Å². The van der Waals surface area contributed by atoms with Crippen LogP contribution in [0.1, 0.15) is 48.3 Å². The van der Waals surface area contributed by atoms with Gasteiger partial charge in [-0.1, -0.05) is 23.7 Å². The Hall–Kier alpha value is -3.31. The van der Waals surface area contributed by atoms with Crippen molar-refractivity contribution in [3.05, 3.63) is 64.2 Å². The summed E-state index contributed by atoms with van der Waals surface area (Å²) in [6.45, 7) is 1.71. The lowest BCUT2D eigenvalue weighted by atomic mass is 9.98. The summed E-state index contributed by atoms with van der Waals surface area (Å²) in [6, 6.07) is 9.49. The van der Waals surface area contributed by atoms with E-state index in [-0.39, 0.29) is 23.1 Å². The van der Waals surface area contributed by atoms with E-state index in [0.717, 1.165) is 4.57 Å². The Labute approximate surface area is 203 Å². The lowest BCUT2D eigenvalue weighted by Gasteiger charge is -2.24. The van der Waals surface area contributed by atoms with E-state index in [4.69, 9.17) is 30.5 Å². The molecule has 4 rings (SSSR count). The van der Waals surface area contributed by atoms with Crippen LogP contribution in [0.2, 0.25) is 5.02 Å². The number of carbonyl (C=O) groups excluding carboxylic acids is 1. The molecule has 1 aliphatic heterocycles. The molecule has 0 aliphatic carbocycles. The first kappa shape index (κ1) is 24.8. The highest BCUT2D eigenvalue weighted by Crippen LogP contribution is 2.46. The van der Waals surface area contributed by atoms with E-state index in [2.05, 4.69) is 10.2 Å². The Morgan fingerprint density at radius 1 is 1.14 bits per heavy atom. The van der Waals surface area contributed by atoms with E-state index < -0.39 is 36.6 Å². The van der Waals surface area contributed by atoms with Gasteiger partial charge in [-0.3, -0.25) is 9.36 Å². The third-order valence-corrected chi connectivity index (χ3v) is 5.85. The van der Waals surface area contributed by atoms with E-state index in [9.17, 15) is 18.0 Å². The summed E-state index contributed by atoms with van der Waals surface area (Å²) in [7, 11) is 2.87. The second kappa shape index (κ2) is 9.74. The van der Waals surface area contributed by atoms with Crippen molar-refractivity contribution >= 4 is 17.6 Å². The number of aromatic nitrogens is 3. The van der Waals surface area contributed by atoms with E-state index >= 15 is 0 Å². The van der Waals surface area contributed by atoms with Crippen LogP contribution >= 0.6 is 11.6 Å². The third kappa shape index (κ3) is 4.65. The number of hydrogen-bond acceptors (Lipinski definition) is 7. The highest BCUT2D eigenvalue weighted by Gasteiger charge is 2.43.